The van der Waals surface area contributed by atoms with Crippen molar-refractivity contribution in [1.82, 2.24) is 5.16 Å². The summed E-state index contributed by atoms with van der Waals surface area (Å²) < 4.78 is 28.0. The van der Waals surface area contributed by atoms with E-state index in [1.807, 2.05) is 13.8 Å². The summed E-state index contributed by atoms with van der Waals surface area (Å²) in [6, 6.07) is 1.13. The number of carboxylic acids is 1. The molecule has 0 aromatic carbocycles. The summed E-state index contributed by atoms with van der Waals surface area (Å²) in [6.45, 7) is 3.87. The summed E-state index contributed by atoms with van der Waals surface area (Å²) in [5.41, 5.74) is -0.279. The fourth-order valence-electron chi connectivity index (χ4n) is 1.19. The molecule has 17 heavy (non-hydrogen) atoms. The van der Waals surface area contributed by atoms with Crippen LogP contribution in [0.4, 0.5) is 0 Å². The molecule has 0 bridgehead atoms. The van der Waals surface area contributed by atoms with Gasteiger partial charge in [0, 0.05) is 6.07 Å². The molecule has 0 aliphatic carbocycles. The van der Waals surface area contributed by atoms with E-state index in [2.05, 4.69) is 9.68 Å². The van der Waals surface area contributed by atoms with Crippen molar-refractivity contribution in [3.8, 4) is 0 Å². The third-order valence-electron chi connectivity index (χ3n) is 2.15. The van der Waals surface area contributed by atoms with E-state index in [-0.39, 0.29) is 23.0 Å². The lowest BCUT2D eigenvalue weighted by molar-refractivity contribution is 0.0685. The van der Waals surface area contributed by atoms with E-state index in [4.69, 9.17) is 5.11 Å². The number of rotatable bonds is 6. The lowest BCUT2D eigenvalue weighted by Crippen LogP contribution is -2.10. The Kier molecular flexibility index (Phi) is 4.28. The van der Waals surface area contributed by atoms with E-state index in [1.54, 1.807) is 0 Å². The monoisotopic (exact) mass is 261 g/mol. The topological polar surface area (TPSA) is 97.5 Å². The molecule has 0 unspecified atom stereocenters. The van der Waals surface area contributed by atoms with Crippen molar-refractivity contribution >= 4 is 15.8 Å². The van der Waals surface area contributed by atoms with Crippen LogP contribution in [0.15, 0.2) is 10.6 Å². The van der Waals surface area contributed by atoms with E-state index in [0.717, 1.165) is 6.07 Å². The molecule has 1 N–H and O–H groups in total. The van der Waals surface area contributed by atoms with Gasteiger partial charge in [-0.1, -0.05) is 19.0 Å². The van der Waals surface area contributed by atoms with Crippen LogP contribution in [0.5, 0.6) is 0 Å². The predicted molar refractivity (Wildman–Crippen MR) is 60.4 cm³/mol. The Hall–Kier alpha value is -1.37. The van der Waals surface area contributed by atoms with Crippen LogP contribution in [0.1, 0.15) is 36.5 Å². The maximum atomic E-state index is 11.6. The minimum Gasteiger partial charge on any atom is -0.476 e. The van der Waals surface area contributed by atoms with Gasteiger partial charge in [-0.2, -0.15) is 0 Å². The zero-order valence-corrected chi connectivity index (χ0v) is 10.5. The molecule has 0 aliphatic heterocycles. The smallest absolute Gasteiger partial charge is 0.358 e. The van der Waals surface area contributed by atoms with Crippen molar-refractivity contribution < 1.29 is 22.8 Å². The molecule has 0 spiro atoms. The van der Waals surface area contributed by atoms with E-state index >= 15 is 0 Å². The van der Waals surface area contributed by atoms with Crippen LogP contribution >= 0.6 is 0 Å². The first-order valence-electron chi connectivity index (χ1n) is 5.19. The highest BCUT2D eigenvalue weighted by atomic mass is 32.2. The number of sulfone groups is 1. The average molecular weight is 261 g/mol. The van der Waals surface area contributed by atoms with E-state index in [0.29, 0.717) is 12.3 Å². The quantitative estimate of drug-likeness (QED) is 0.829. The molecule has 6 nitrogen and oxygen atoms in total. The second-order valence-corrected chi connectivity index (χ2v) is 6.44. The summed E-state index contributed by atoms with van der Waals surface area (Å²) >= 11 is 0. The van der Waals surface area contributed by atoms with E-state index in [1.165, 1.54) is 0 Å². The van der Waals surface area contributed by atoms with Gasteiger partial charge in [0.1, 0.15) is 5.75 Å². The number of carboxylic acid groups (broad SMARTS) is 1. The normalized spacial score (nSPS) is 11.9. The van der Waals surface area contributed by atoms with Gasteiger partial charge < -0.3 is 9.63 Å². The molecule has 0 amide bonds. The van der Waals surface area contributed by atoms with Crippen molar-refractivity contribution in [2.24, 2.45) is 5.92 Å². The Morgan fingerprint density at radius 1 is 1.53 bits per heavy atom. The van der Waals surface area contributed by atoms with Gasteiger partial charge in [-0.05, 0) is 12.3 Å². The summed E-state index contributed by atoms with van der Waals surface area (Å²) in [7, 11) is -3.27. The SMILES string of the molecule is CC(C)CCS(=O)(=O)Cc1cc(C(=O)O)no1. The third kappa shape index (κ3) is 4.56. The van der Waals surface area contributed by atoms with Gasteiger partial charge >= 0.3 is 5.97 Å². The highest BCUT2D eigenvalue weighted by molar-refractivity contribution is 7.90. The Morgan fingerprint density at radius 3 is 2.65 bits per heavy atom. The molecule has 0 saturated carbocycles. The minimum atomic E-state index is -3.27. The molecule has 0 saturated heterocycles. The van der Waals surface area contributed by atoms with Crippen molar-refractivity contribution in [2.45, 2.75) is 26.0 Å². The van der Waals surface area contributed by atoms with Gasteiger partial charge in [0.2, 0.25) is 0 Å². The molecule has 1 heterocycles. The lowest BCUT2D eigenvalue weighted by atomic mass is 10.2. The molecule has 1 rings (SSSR count). The van der Waals surface area contributed by atoms with Crippen LogP contribution in [0.3, 0.4) is 0 Å². The van der Waals surface area contributed by atoms with Crippen LogP contribution in [-0.4, -0.2) is 30.4 Å². The van der Waals surface area contributed by atoms with E-state index < -0.39 is 15.8 Å². The van der Waals surface area contributed by atoms with Crippen molar-refractivity contribution in [2.75, 3.05) is 5.75 Å². The molecule has 96 valence electrons. The standard InChI is InChI=1S/C10H15NO5S/c1-7(2)3-4-17(14,15)6-8-5-9(10(12)13)11-16-8/h5,7H,3-4,6H2,1-2H3,(H,12,13). The molecule has 0 fully saturated rings. The first-order chi connectivity index (χ1) is 7.80. The van der Waals surface area contributed by atoms with E-state index in [9.17, 15) is 13.2 Å². The fraction of sp³-hybridized carbons (Fsp3) is 0.600. The maximum absolute atomic E-state index is 11.6. The van der Waals surface area contributed by atoms with Gasteiger partial charge in [-0.3, -0.25) is 0 Å². The van der Waals surface area contributed by atoms with Crippen LogP contribution in [0.2, 0.25) is 0 Å². The first kappa shape index (κ1) is 13.7. The molecule has 0 radical (unpaired) electrons. The average Bonchev–Trinajstić information content (AvgIpc) is 2.63. The highest BCUT2D eigenvalue weighted by Gasteiger charge is 2.18. The van der Waals surface area contributed by atoms with Gasteiger partial charge in [0.15, 0.2) is 21.3 Å². The van der Waals surface area contributed by atoms with Crippen molar-refractivity contribution in [3.63, 3.8) is 0 Å². The summed E-state index contributed by atoms with van der Waals surface area (Å²) in [5.74, 6) is -1.12. The molecule has 7 heteroatoms. The molecular formula is C10H15NO5S. The number of aromatic carboxylic acids is 1. The highest BCUT2D eigenvalue weighted by Crippen LogP contribution is 2.11. The maximum Gasteiger partial charge on any atom is 0.358 e. The molecule has 0 atom stereocenters. The Bertz CT molecular complexity index is 489. The Morgan fingerprint density at radius 2 is 2.18 bits per heavy atom. The number of hydrogen-bond acceptors (Lipinski definition) is 5. The number of hydrogen-bond donors (Lipinski definition) is 1. The minimum absolute atomic E-state index is 0.0613. The van der Waals surface area contributed by atoms with Crippen molar-refractivity contribution in [3.05, 3.63) is 17.5 Å². The second kappa shape index (κ2) is 5.31. The zero-order valence-electron chi connectivity index (χ0n) is 9.71. The fourth-order valence-corrected chi connectivity index (χ4v) is 2.73. The van der Waals surface area contributed by atoms with Gasteiger partial charge in [-0.15, -0.1) is 0 Å². The van der Waals surface area contributed by atoms with Gasteiger partial charge in [0.05, 0.1) is 5.75 Å². The first-order valence-corrected chi connectivity index (χ1v) is 7.01. The van der Waals surface area contributed by atoms with Gasteiger partial charge in [-0.25, -0.2) is 13.2 Å². The van der Waals surface area contributed by atoms with Crippen LogP contribution in [-0.2, 0) is 15.6 Å². The number of carbonyl (C=O) groups is 1. The predicted octanol–water partition coefficient (Wildman–Crippen LogP) is 1.33. The van der Waals surface area contributed by atoms with Crippen LogP contribution in [0.25, 0.3) is 0 Å². The second-order valence-electron chi connectivity index (χ2n) is 4.26. The lowest BCUT2D eigenvalue weighted by Gasteiger charge is -2.04. The zero-order chi connectivity index (χ0) is 13.1. The van der Waals surface area contributed by atoms with Gasteiger partial charge in [0.25, 0.3) is 0 Å². The number of aromatic nitrogens is 1. The summed E-state index contributed by atoms with van der Waals surface area (Å²) in [5, 5.41) is 11.9. The molecule has 1 aromatic rings. The van der Waals surface area contributed by atoms with Crippen LogP contribution in [0, 0.1) is 5.92 Å². The largest absolute Gasteiger partial charge is 0.476 e. The Labute approximate surface area is 99.5 Å². The Balaban J connectivity index is 2.66. The third-order valence-corrected chi connectivity index (χ3v) is 3.73. The molecular weight excluding hydrogens is 246 g/mol. The summed E-state index contributed by atoms with van der Waals surface area (Å²) in [4.78, 5) is 10.5. The summed E-state index contributed by atoms with van der Waals surface area (Å²) in [6.07, 6.45) is 0.572. The molecule has 0 aliphatic rings. The molecule has 1 aromatic heterocycles. The number of nitrogens with zero attached hydrogens (tertiary/aromatic N) is 1. The van der Waals surface area contributed by atoms with Crippen molar-refractivity contribution in [1.29, 1.82) is 0 Å². The van der Waals surface area contributed by atoms with Crippen LogP contribution < -0.4 is 0 Å².